The molecular weight excluding hydrogens is 420 g/mol. The largest absolute Gasteiger partial charge is 0.460 e. The van der Waals surface area contributed by atoms with Crippen molar-refractivity contribution in [2.45, 2.75) is 25.1 Å². The van der Waals surface area contributed by atoms with E-state index in [2.05, 4.69) is 20.9 Å². The molecule has 0 aromatic heterocycles. The first-order valence-electron chi connectivity index (χ1n) is 8.14. The van der Waals surface area contributed by atoms with Crippen LogP contribution in [-0.4, -0.2) is 47.5 Å². The second-order valence-electron chi connectivity index (χ2n) is 5.95. The monoisotopic (exact) mass is 438 g/mol. The van der Waals surface area contributed by atoms with Crippen molar-refractivity contribution in [2.24, 2.45) is 4.99 Å². The number of thioether (sulfide) groups is 1. The molecule has 2 aliphatic heterocycles. The summed E-state index contributed by atoms with van der Waals surface area (Å²) in [7, 11) is 1.54. The van der Waals surface area contributed by atoms with Gasteiger partial charge in [0, 0.05) is 11.6 Å². The van der Waals surface area contributed by atoms with Crippen molar-refractivity contribution in [3.8, 4) is 0 Å². The third kappa shape index (κ3) is 3.58. The summed E-state index contributed by atoms with van der Waals surface area (Å²) in [6.45, 7) is 4.07. The quantitative estimate of drug-likeness (QED) is 0.521. The number of nitrogens with zero attached hydrogens (tertiary/aromatic N) is 2. The maximum atomic E-state index is 12.8. The fourth-order valence-electron chi connectivity index (χ4n) is 2.95. The normalized spacial score (nSPS) is 22.4. The van der Waals surface area contributed by atoms with E-state index < -0.39 is 12.0 Å². The van der Waals surface area contributed by atoms with Crippen molar-refractivity contribution >= 4 is 44.7 Å². The fraction of sp³-hybridized carbons (Fsp3) is 0.389. The topological polar surface area (TPSA) is 68.2 Å². The Morgan fingerprint density at radius 2 is 2.15 bits per heavy atom. The van der Waals surface area contributed by atoms with E-state index in [0.29, 0.717) is 23.0 Å². The van der Waals surface area contributed by atoms with Gasteiger partial charge in [-0.1, -0.05) is 39.8 Å². The van der Waals surface area contributed by atoms with Gasteiger partial charge in [-0.2, -0.15) is 0 Å². The molecule has 0 aliphatic carbocycles. The Labute approximate surface area is 164 Å². The molecule has 2 aliphatic rings. The number of hydrogen-bond donors (Lipinski definition) is 0. The van der Waals surface area contributed by atoms with Gasteiger partial charge in [-0.3, -0.25) is 9.69 Å². The number of carbonyl (C=O) groups excluding carboxylic acids is 2. The fourth-order valence-corrected chi connectivity index (χ4v) is 4.40. The van der Waals surface area contributed by atoms with Gasteiger partial charge in [-0.05, 0) is 31.5 Å². The molecule has 8 heteroatoms. The number of ether oxygens (including phenoxy) is 2. The molecule has 1 saturated heterocycles. The van der Waals surface area contributed by atoms with Crippen molar-refractivity contribution in [3.63, 3.8) is 0 Å². The molecule has 0 unspecified atom stereocenters. The summed E-state index contributed by atoms with van der Waals surface area (Å²) in [6.07, 6.45) is 0. The Morgan fingerprint density at radius 3 is 2.85 bits per heavy atom. The predicted molar refractivity (Wildman–Crippen MR) is 104 cm³/mol. The zero-order valence-corrected chi connectivity index (χ0v) is 17.1. The standard InChI is InChI=1S/C18H19BrN2O4S/c1-10-14(17(23)25-8-7-24-3)15(12-5-4-6-13(19)9-12)21-16(22)11(2)26-18(21)20-10/h4-6,9,11,15H,7-8H2,1-3H3/t11-,15+/m1/s1. The average molecular weight is 439 g/mol. The van der Waals surface area contributed by atoms with Crippen LogP contribution in [0, 0.1) is 0 Å². The summed E-state index contributed by atoms with van der Waals surface area (Å²) in [4.78, 5) is 31.6. The van der Waals surface area contributed by atoms with Gasteiger partial charge in [0.2, 0.25) is 5.91 Å². The van der Waals surface area contributed by atoms with Crippen LogP contribution in [0.25, 0.3) is 0 Å². The van der Waals surface area contributed by atoms with Gasteiger partial charge in [-0.15, -0.1) is 0 Å². The lowest BCUT2D eigenvalue weighted by molar-refractivity contribution is -0.141. The Kier molecular flexibility index (Phi) is 5.84. The van der Waals surface area contributed by atoms with Crippen LogP contribution in [0.4, 0.5) is 0 Å². The predicted octanol–water partition coefficient (Wildman–Crippen LogP) is 3.29. The number of aliphatic imine (C=N–C) groups is 1. The lowest BCUT2D eigenvalue weighted by atomic mass is 9.94. The van der Waals surface area contributed by atoms with Gasteiger partial charge >= 0.3 is 5.97 Å². The Bertz CT molecular complexity index is 808. The summed E-state index contributed by atoms with van der Waals surface area (Å²) in [5, 5.41) is 0.387. The number of hydrogen-bond acceptors (Lipinski definition) is 6. The Hall–Kier alpha value is -1.64. The third-order valence-corrected chi connectivity index (χ3v) is 5.71. The highest BCUT2D eigenvalue weighted by Crippen LogP contribution is 2.43. The molecule has 2 heterocycles. The van der Waals surface area contributed by atoms with Gasteiger partial charge in [0.1, 0.15) is 6.61 Å². The van der Waals surface area contributed by atoms with Gasteiger partial charge in [0.05, 0.1) is 29.2 Å². The minimum atomic E-state index is -0.556. The van der Waals surface area contributed by atoms with Crippen molar-refractivity contribution in [3.05, 3.63) is 45.6 Å². The number of esters is 1. The van der Waals surface area contributed by atoms with Gasteiger partial charge in [-0.25, -0.2) is 9.79 Å². The van der Waals surface area contributed by atoms with Gasteiger partial charge < -0.3 is 9.47 Å². The van der Waals surface area contributed by atoms with Crippen LogP contribution in [0.1, 0.15) is 25.5 Å². The summed E-state index contributed by atoms with van der Waals surface area (Å²) >= 11 is 4.87. The number of rotatable bonds is 5. The minimum Gasteiger partial charge on any atom is -0.460 e. The van der Waals surface area contributed by atoms with Gasteiger partial charge in [0.25, 0.3) is 0 Å². The highest BCUT2D eigenvalue weighted by molar-refractivity contribution is 9.10. The summed E-state index contributed by atoms with van der Waals surface area (Å²) in [5.41, 5.74) is 1.77. The SMILES string of the molecule is COCCOC(=O)C1=C(C)N=C2S[C@H](C)C(=O)N2[C@H]1c1cccc(Br)c1. The zero-order valence-electron chi connectivity index (χ0n) is 14.7. The van der Waals surface area contributed by atoms with Crippen molar-refractivity contribution < 1.29 is 19.1 Å². The van der Waals surface area contributed by atoms with Crippen LogP contribution in [0.3, 0.4) is 0 Å². The molecule has 0 spiro atoms. The summed E-state index contributed by atoms with van der Waals surface area (Å²) in [5.74, 6) is -0.543. The van der Waals surface area contributed by atoms with Crippen LogP contribution in [-0.2, 0) is 19.1 Å². The molecule has 3 rings (SSSR count). The molecule has 0 radical (unpaired) electrons. The molecule has 6 nitrogen and oxygen atoms in total. The zero-order chi connectivity index (χ0) is 18.8. The maximum Gasteiger partial charge on any atom is 0.338 e. The molecular formula is C18H19BrN2O4S. The number of carbonyl (C=O) groups is 2. The van der Waals surface area contributed by atoms with E-state index in [9.17, 15) is 9.59 Å². The number of benzene rings is 1. The summed E-state index contributed by atoms with van der Waals surface area (Å²) in [6, 6.07) is 7.03. The molecule has 0 bridgehead atoms. The molecule has 2 atom stereocenters. The van der Waals surface area contributed by atoms with Crippen molar-refractivity contribution in [1.82, 2.24) is 4.90 Å². The maximum absolute atomic E-state index is 12.8. The first-order valence-corrected chi connectivity index (χ1v) is 9.82. The highest BCUT2D eigenvalue weighted by Gasteiger charge is 2.46. The third-order valence-electron chi connectivity index (χ3n) is 4.16. The molecule has 0 saturated carbocycles. The number of halogens is 1. The van der Waals surface area contributed by atoms with E-state index in [0.717, 1.165) is 10.0 Å². The van der Waals surface area contributed by atoms with Crippen LogP contribution in [0.2, 0.25) is 0 Å². The number of allylic oxidation sites excluding steroid dienone is 1. The number of fused-ring (bicyclic) bond motifs is 1. The average Bonchev–Trinajstić information content (AvgIpc) is 2.87. The highest BCUT2D eigenvalue weighted by atomic mass is 79.9. The van der Waals surface area contributed by atoms with Crippen molar-refractivity contribution in [2.75, 3.05) is 20.3 Å². The number of amides is 1. The van der Waals surface area contributed by atoms with E-state index in [1.54, 1.807) is 18.9 Å². The lowest BCUT2D eigenvalue weighted by Gasteiger charge is -2.33. The minimum absolute atomic E-state index is 0.0617. The molecule has 1 amide bonds. The summed E-state index contributed by atoms with van der Waals surface area (Å²) < 4.78 is 11.1. The van der Waals surface area contributed by atoms with E-state index in [4.69, 9.17) is 9.47 Å². The number of methoxy groups -OCH3 is 1. The number of amidine groups is 1. The van der Waals surface area contributed by atoms with E-state index >= 15 is 0 Å². The Morgan fingerprint density at radius 1 is 1.38 bits per heavy atom. The second kappa shape index (κ2) is 7.94. The van der Waals surface area contributed by atoms with Crippen LogP contribution >= 0.6 is 27.7 Å². The second-order valence-corrected chi connectivity index (χ2v) is 8.17. The van der Waals surface area contributed by atoms with E-state index in [1.165, 1.54) is 11.8 Å². The van der Waals surface area contributed by atoms with Crippen LogP contribution in [0.15, 0.2) is 45.0 Å². The first kappa shape index (κ1) is 19.1. The molecule has 1 aromatic rings. The van der Waals surface area contributed by atoms with Crippen LogP contribution < -0.4 is 0 Å². The van der Waals surface area contributed by atoms with E-state index in [-0.39, 0.29) is 17.8 Å². The molecule has 26 heavy (non-hydrogen) atoms. The van der Waals surface area contributed by atoms with Crippen molar-refractivity contribution in [1.29, 1.82) is 0 Å². The van der Waals surface area contributed by atoms with Gasteiger partial charge in [0.15, 0.2) is 5.17 Å². The molecule has 0 N–H and O–H groups in total. The molecule has 1 fully saturated rings. The Balaban J connectivity index is 2.05. The molecule has 1 aromatic carbocycles. The smallest absolute Gasteiger partial charge is 0.338 e. The van der Waals surface area contributed by atoms with Crippen LogP contribution in [0.5, 0.6) is 0 Å². The first-order chi connectivity index (χ1) is 12.4. The molecule has 138 valence electrons. The lowest BCUT2D eigenvalue weighted by Crippen LogP contribution is -2.40. The van der Waals surface area contributed by atoms with E-state index in [1.807, 2.05) is 31.2 Å².